The molecule has 2 heterocycles. The lowest BCUT2D eigenvalue weighted by Gasteiger charge is -2.22. The van der Waals surface area contributed by atoms with Gasteiger partial charge in [0.15, 0.2) is 0 Å². The standard InChI is InChI=1S/C11H11ClN2OS/c12-10-5-8(6-13)7-14-11(10)15-9-1-3-16-4-2-9/h5,7,9H,1-4H2. The molecule has 0 aromatic carbocycles. The van der Waals surface area contributed by atoms with Gasteiger partial charge >= 0.3 is 0 Å². The van der Waals surface area contributed by atoms with Gasteiger partial charge in [-0.25, -0.2) is 4.98 Å². The molecule has 3 nitrogen and oxygen atoms in total. The van der Waals surface area contributed by atoms with E-state index in [4.69, 9.17) is 21.6 Å². The molecule has 84 valence electrons. The molecule has 1 aromatic rings. The number of rotatable bonds is 2. The van der Waals surface area contributed by atoms with E-state index in [2.05, 4.69) is 4.98 Å². The third-order valence-corrected chi connectivity index (χ3v) is 3.70. The normalized spacial score (nSPS) is 16.8. The summed E-state index contributed by atoms with van der Waals surface area (Å²) < 4.78 is 5.72. The Morgan fingerprint density at radius 3 is 2.88 bits per heavy atom. The summed E-state index contributed by atoms with van der Waals surface area (Å²) in [6.45, 7) is 0. The Hall–Kier alpha value is -0.920. The van der Waals surface area contributed by atoms with Crippen molar-refractivity contribution >= 4 is 23.4 Å². The van der Waals surface area contributed by atoms with Crippen molar-refractivity contribution in [2.45, 2.75) is 18.9 Å². The highest BCUT2D eigenvalue weighted by Crippen LogP contribution is 2.27. The summed E-state index contributed by atoms with van der Waals surface area (Å²) in [4.78, 5) is 4.06. The first-order valence-electron chi connectivity index (χ1n) is 5.09. The molecule has 0 aliphatic carbocycles. The van der Waals surface area contributed by atoms with Gasteiger partial charge in [0.1, 0.15) is 17.2 Å². The van der Waals surface area contributed by atoms with Crippen LogP contribution in [-0.4, -0.2) is 22.6 Å². The smallest absolute Gasteiger partial charge is 0.232 e. The summed E-state index contributed by atoms with van der Waals surface area (Å²) in [6, 6.07) is 3.58. The number of nitriles is 1. The maximum absolute atomic E-state index is 8.68. The molecule has 1 fully saturated rings. The van der Waals surface area contributed by atoms with Crippen molar-refractivity contribution in [3.8, 4) is 11.9 Å². The molecule has 1 saturated heterocycles. The number of ether oxygens (including phenoxy) is 1. The highest BCUT2D eigenvalue weighted by Gasteiger charge is 2.17. The number of hydrogen-bond acceptors (Lipinski definition) is 4. The van der Waals surface area contributed by atoms with E-state index in [9.17, 15) is 0 Å². The molecule has 0 saturated carbocycles. The zero-order valence-corrected chi connectivity index (χ0v) is 10.2. The molecule has 16 heavy (non-hydrogen) atoms. The van der Waals surface area contributed by atoms with E-state index in [0.717, 1.165) is 24.3 Å². The van der Waals surface area contributed by atoms with Crippen LogP contribution in [0.4, 0.5) is 0 Å². The molecule has 0 unspecified atom stereocenters. The number of thioether (sulfide) groups is 1. The van der Waals surface area contributed by atoms with Gasteiger partial charge in [0.25, 0.3) is 0 Å². The summed E-state index contributed by atoms with van der Waals surface area (Å²) in [5.41, 5.74) is 0.455. The first-order chi connectivity index (χ1) is 7.79. The largest absolute Gasteiger partial charge is 0.473 e. The maximum Gasteiger partial charge on any atom is 0.232 e. The van der Waals surface area contributed by atoms with E-state index in [0.29, 0.717) is 16.5 Å². The second-order valence-electron chi connectivity index (χ2n) is 3.55. The summed E-state index contributed by atoms with van der Waals surface area (Å²) in [6.07, 6.45) is 3.75. The second kappa shape index (κ2) is 5.42. The topological polar surface area (TPSA) is 45.9 Å². The predicted molar refractivity (Wildman–Crippen MR) is 64.9 cm³/mol. The SMILES string of the molecule is N#Cc1cnc(OC2CCSCC2)c(Cl)c1. The molecule has 1 aliphatic rings. The van der Waals surface area contributed by atoms with Crippen molar-refractivity contribution in [1.82, 2.24) is 4.98 Å². The Morgan fingerprint density at radius 2 is 2.25 bits per heavy atom. The summed E-state index contributed by atoms with van der Waals surface area (Å²) in [5.74, 6) is 2.69. The molecular formula is C11H11ClN2OS. The number of halogens is 1. The third-order valence-electron chi connectivity index (χ3n) is 2.38. The lowest BCUT2D eigenvalue weighted by molar-refractivity contribution is 0.184. The van der Waals surface area contributed by atoms with E-state index >= 15 is 0 Å². The zero-order chi connectivity index (χ0) is 11.4. The van der Waals surface area contributed by atoms with Crippen LogP contribution in [0.1, 0.15) is 18.4 Å². The number of pyridine rings is 1. The van der Waals surface area contributed by atoms with E-state index in [1.165, 1.54) is 6.20 Å². The van der Waals surface area contributed by atoms with Crippen LogP contribution < -0.4 is 4.74 Å². The Labute approximate surface area is 104 Å². The Bertz CT molecular complexity index is 413. The third kappa shape index (κ3) is 2.81. The van der Waals surface area contributed by atoms with Gasteiger partial charge in [-0.3, -0.25) is 0 Å². The molecule has 0 bridgehead atoms. The van der Waals surface area contributed by atoms with Crippen LogP contribution in [0.15, 0.2) is 12.3 Å². The fourth-order valence-electron chi connectivity index (χ4n) is 1.52. The monoisotopic (exact) mass is 254 g/mol. The lowest BCUT2D eigenvalue weighted by Crippen LogP contribution is -2.22. The van der Waals surface area contributed by atoms with Crippen LogP contribution in [0.25, 0.3) is 0 Å². The summed E-state index contributed by atoms with van der Waals surface area (Å²) >= 11 is 7.93. The molecule has 1 aromatic heterocycles. The van der Waals surface area contributed by atoms with Crippen LogP contribution in [0.3, 0.4) is 0 Å². The van der Waals surface area contributed by atoms with Gasteiger partial charge in [-0.05, 0) is 30.4 Å². The summed E-state index contributed by atoms with van der Waals surface area (Å²) in [7, 11) is 0. The highest BCUT2D eigenvalue weighted by atomic mass is 35.5. The van der Waals surface area contributed by atoms with E-state index in [1.54, 1.807) is 6.07 Å². The van der Waals surface area contributed by atoms with Crippen LogP contribution in [0, 0.1) is 11.3 Å². The average Bonchev–Trinajstić information content (AvgIpc) is 2.33. The molecule has 1 aliphatic heterocycles. The van der Waals surface area contributed by atoms with Gasteiger partial charge in [-0.15, -0.1) is 0 Å². The minimum atomic E-state index is 0.208. The van der Waals surface area contributed by atoms with E-state index < -0.39 is 0 Å². The van der Waals surface area contributed by atoms with Crippen molar-refractivity contribution in [3.05, 3.63) is 22.8 Å². The predicted octanol–water partition coefficient (Wildman–Crippen LogP) is 2.88. The van der Waals surface area contributed by atoms with E-state index in [1.807, 2.05) is 17.8 Å². The second-order valence-corrected chi connectivity index (χ2v) is 5.18. The Kier molecular flexibility index (Phi) is 3.92. The quantitative estimate of drug-likeness (QED) is 0.814. The minimum absolute atomic E-state index is 0.208. The fourth-order valence-corrected chi connectivity index (χ4v) is 2.80. The van der Waals surface area contributed by atoms with Crippen LogP contribution >= 0.6 is 23.4 Å². The molecule has 0 N–H and O–H groups in total. The number of nitrogens with zero attached hydrogens (tertiary/aromatic N) is 2. The van der Waals surface area contributed by atoms with Crippen LogP contribution in [0.2, 0.25) is 5.02 Å². The average molecular weight is 255 g/mol. The van der Waals surface area contributed by atoms with Crippen LogP contribution in [0.5, 0.6) is 5.88 Å². The van der Waals surface area contributed by atoms with Crippen molar-refractivity contribution < 1.29 is 4.74 Å². The summed E-state index contributed by atoms with van der Waals surface area (Å²) in [5, 5.41) is 9.10. The molecule has 0 spiro atoms. The van der Waals surface area contributed by atoms with Gasteiger partial charge in [0.05, 0.1) is 5.56 Å². The maximum atomic E-state index is 8.68. The van der Waals surface area contributed by atoms with Gasteiger partial charge in [0, 0.05) is 6.20 Å². The highest BCUT2D eigenvalue weighted by molar-refractivity contribution is 7.99. The van der Waals surface area contributed by atoms with Crippen LogP contribution in [-0.2, 0) is 0 Å². The van der Waals surface area contributed by atoms with Crippen molar-refractivity contribution in [2.75, 3.05) is 11.5 Å². The molecule has 0 amide bonds. The Balaban J connectivity index is 2.06. The van der Waals surface area contributed by atoms with Gasteiger partial charge < -0.3 is 4.74 Å². The van der Waals surface area contributed by atoms with Crippen molar-refractivity contribution in [3.63, 3.8) is 0 Å². The lowest BCUT2D eigenvalue weighted by atomic mass is 10.2. The van der Waals surface area contributed by atoms with Gasteiger partial charge in [-0.1, -0.05) is 11.6 Å². The minimum Gasteiger partial charge on any atom is -0.473 e. The Morgan fingerprint density at radius 1 is 1.50 bits per heavy atom. The fraction of sp³-hybridized carbons (Fsp3) is 0.455. The van der Waals surface area contributed by atoms with E-state index in [-0.39, 0.29) is 6.10 Å². The van der Waals surface area contributed by atoms with Crippen molar-refractivity contribution in [2.24, 2.45) is 0 Å². The number of hydrogen-bond donors (Lipinski definition) is 0. The first-order valence-corrected chi connectivity index (χ1v) is 6.63. The molecule has 0 radical (unpaired) electrons. The molecular weight excluding hydrogens is 244 g/mol. The molecule has 2 rings (SSSR count). The van der Waals surface area contributed by atoms with Gasteiger partial charge in [0.2, 0.25) is 5.88 Å². The molecule has 5 heteroatoms. The first kappa shape index (κ1) is 11.6. The van der Waals surface area contributed by atoms with Gasteiger partial charge in [-0.2, -0.15) is 17.0 Å². The van der Waals surface area contributed by atoms with Crippen molar-refractivity contribution in [1.29, 1.82) is 5.26 Å². The molecule has 0 atom stereocenters. The number of aromatic nitrogens is 1. The zero-order valence-electron chi connectivity index (χ0n) is 8.65.